The van der Waals surface area contributed by atoms with E-state index >= 15 is 0 Å². The molecule has 10 nitrogen and oxygen atoms in total. The number of benzene rings is 1. The SMILES string of the molecule is CC(=O)Nc1ccc(S(=O)(=O)NCC(=O)N2CCN(S(=O)(=O)c3cccs3)CC2)cc1. The summed E-state index contributed by atoms with van der Waals surface area (Å²) in [5.41, 5.74) is 0.456. The molecule has 2 heterocycles. The van der Waals surface area contributed by atoms with Crippen LogP contribution in [0, 0.1) is 0 Å². The minimum atomic E-state index is -3.92. The fourth-order valence-electron chi connectivity index (χ4n) is 2.99. The lowest BCUT2D eigenvalue weighted by atomic mass is 10.3. The number of amides is 2. The number of hydrogen-bond acceptors (Lipinski definition) is 7. The average Bonchev–Trinajstić information content (AvgIpc) is 3.28. The van der Waals surface area contributed by atoms with E-state index in [1.165, 1.54) is 46.5 Å². The Balaban J connectivity index is 1.53. The number of hydrogen-bond donors (Lipinski definition) is 2. The Kier molecular flexibility index (Phi) is 7.11. The highest BCUT2D eigenvalue weighted by atomic mass is 32.2. The number of nitrogens with zero attached hydrogens (tertiary/aromatic N) is 2. The second-order valence-electron chi connectivity index (χ2n) is 6.75. The Labute approximate surface area is 185 Å². The third-order valence-corrected chi connectivity index (χ3v) is 9.27. The van der Waals surface area contributed by atoms with Crippen LogP contribution in [0.2, 0.25) is 0 Å². The summed E-state index contributed by atoms with van der Waals surface area (Å²) in [5.74, 6) is -0.714. The summed E-state index contributed by atoms with van der Waals surface area (Å²) in [5, 5.41) is 4.23. The number of thiophene rings is 1. The van der Waals surface area contributed by atoms with E-state index in [4.69, 9.17) is 0 Å². The third kappa shape index (κ3) is 5.68. The van der Waals surface area contributed by atoms with E-state index in [0.717, 1.165) is 11.3 Å². The summed E-state index contributed by atoms with van der Waals surface area (Å²) in [7, 11) is -7.49. The van der Waals surface area contributed by atoms with Crippen LogP contribution in [0.3, 0.4) is 0 Å². The van der Waals surface area contributed by atoms with Crippen molar-refractivity contribution < 1.29 is 26.4 Å². The van der Waals surface area contributed by atoms with Crippen LogP contribution in [-0.4, -0.2) is 70.6 Å². The van der Waals surface area contributed by atoms with Crippen molar-refractivity contribution in [2.45, 2.75) is 16.0 Å². The summed E-state index contributed by atoms with van der Waals surface area (Å²) < 4.78 is 53.7. The van der Waals surface area contributed by atoms with Gasteiger partial charge in [0.25, 0.3) is 10.0 Å². The monoisotopic (exact) mass is 486 g/mol. The molecule has 1 aliphatic heterocycles. The third-order valence-electron chi connectivity index (χ3n) is 4.58. The molecule has 0 saturated carbocycles. The van der Waals surface area contributed by atoms with Gasteiger partial charge in [-0.3, -0.25) is 9.59 Å². The molecule has 2 aromatic rings. The Hall–Kier alpha value is -2.32. The van der Waals surface area contributed by atoms with Crippen LogP contribution < -0.4 is 10.0 Å². The van der Waals surface area contributed by atoms with Gasteiger partial charge in [0.2, 0.25) is 21.8 Å². The molecule has 1 aromatic carbocycles. The van der Waals surface area contributed by atoms with Gasteiger partial charge in [-0.25, -0.2) is 21.6 Å². The van der Waals surface area contributed by atoms with Gasteiger partial charge in [0.1, 0.15) is 4.21 Å². The van der Waals surface area contributed by atoms with E-state index in [1.807, 2.05) is 0 Å². The lowest BCUT2D eigenvalue weighted by Gasteiger charge is -2.33. The lowest BCUT2D eigenvalue weighted by Crippen LogP contribution is -2.52. The zero-order chi connectivity index (χ0) is 22.6. The van der Waals surface area contributed by atoms with E-state index in [2.05, 4.69) is 10.0 Å². The Morgan fingerprint density at radius 3 is 2.19 bits per heavy atom. The first kappa shape index (κ1) is 23.3. The number of carbonyl (C=O) groups excluding carboxylic acids is 2. The van der Waals surface area contributed by atoms with Gasteiger partial charge in [-0.15, -0.1) is 11.3 Å². The van der Waals surface area contributed by atoms with Gasteiger partial charge in [0.05, 0.1) is 11.4 Å². The summed E-state index contributed by atoms with van der Waals surface area (Å²) in [4.78, 5) is 24.9. The first-order valence-electron chi connectivity index (χ1n) is 9.28. The van der Waals surface area contributed by atoms with Crippen LogP contribution in [0.4, 0.5) is 5.69 Å². The van der Waals surface area contributed by atoms with Gasteiger partial charge >= 0.3 is 0 Å². The number of sulfonamides is 2. The van der Waals surface area contributed by atoms with E-state index in [-0.39, 0.29) is 41.2 Å². The Morgan fingerprint density at radius 1 is 1.00 bits per heavy atom. The van der Waals surface area contributed by atoms with E-state index in [0.29, 0.717) is 5.69 Å². The minimum absolute atomic E-state index is 0.0405. The van der Waals surface area contributed by atoms with Crippen molar-refractivity contribution in [3.63, 3.8) is 0 Å². The van der Waals surface area contributed by atoms with Crippen LogP contribution >= 0.6 is 11.3 Å². The zero-order valence-electron chi connectivity index (χ0n) is 16.6. The second-order valence-corrected chi connectivity index (χ2v) is 11.6. The topological polar surface area (TPSA) is 133 Å². The van der Waals surface area contributed by atoms with Crippen molar-refractivity contribution >= 4 is 48.9 Å². The molecule has 2 N–H and O–H groups in total. The molecular weight excluding hydrogens is 464 g/mol. The fourth-order valence-corrected chi connectivity index (χ4v) is 6.53. The summed E-state index contributed by atoms with van der Waals surface area (Å²) in [6, 6.07) is 8.75. The van der Waals surface area contributed by atoms with Crippen molar-refractivity contribution in [1.29, 1.82) is 0 Å². The van der Waals surface area contributed by atoms with Crippen LogP contribution in [0.25, 0.3) is 0 Å². The predicted octanol–water partition coefficient (Wildman–Crippen LogP) is 0.518. The molecule has 13 heteroatoms. The molecule has 0 aliphatic carbocycles. The van der Waals surface area contributed by atoms with Gasteiger partial charge < -0.3 is 10.2 Å². The van der Waals surface area contributed by atoms with Crippen molar-refractivity contribution in [2.24, 2.45) is 0 Å². The maximum Gasteiger partial charge on any atom is 0.252 e. The van der Waals surface area contributed by atoms with Crippen LogP contribution in [0.15, 0.2) is 50.9 Å². The van der Waals surface area contributed by atoms with Crippen molar-refractivity contribution in [3.05, 3.63) is 41.8 Å². The number of piperazine rings is 1. The summed E-state index contributed by atoms with van der Waals surface area (Å²) >= 11 is 1.14. The van der Waals surface area contributed by atoms with Gasteiger partial charge in [-0.1, -0.05) is 6.07 Å². The molecular formula is C18H22N4O6S3. The largest absolute Gasteiger partial charge is 0.339 e. The highest BCUT2D eigenvalue weighted by molar-refractivity contribution is 7.91. The number of nitrogens with one attached hydrogen (secondary N) is 2. The quantitative estimate of drug-likeness (QED) is 0.586. The molecule has 0 unspecified atom stereocenters. The average molecular weight is 487 g/mol. The molecule has 0 bridgehead atoms. The van der Waals surface area contributed by atoms with Gasteiger partial charge in [0, 0.05) is 38.8 Å². The highest BCUT2D eigenvalue weighted by Gasteiger charge is 2.31. The molecule has 0 radical (unpaired) electrons. The van der Waals surface area contributed by atoms with Gasteiger partial charge in [0.15, 0.2) is 0 Å². The first-order valence-corrected chi connectivity index (χ1v) is 13.1. The van der Waals surface area contributed by atoms with Crippen molar-refractivity contribution in [3.8, 4) is 0 Å². The van der Waals surface area contributed by atoms with Gasteiger partial charge in [-0.05, 0) is 35.7 Å². The molecule has 1 fully saturated rings. The van der Waals surface area contributed by atoms with E-state index in [9.17, 15) is 26.4 Å². The maximum atomic E-state index is 12.5. The zero-order valence-corrected chi connectivity index (χ0v) is 19.1. The molecule has 3 rings (SSSR count). The predicted molar refractivity (Wildman–Crippen MR) is 116 cm³/mol. The van der Waals surface area contributed by atoms with E-state index < -0.39 is 32.5 Å². The number of carbonyl (C=O) groups is 2. The minimum Gasteiger partial charge on any atom is -0.339 e. The van der Waals surface area contributed by atoms with Gasteiger partial charge in [-0.2, -0.15) is 4.31 Å². The van der Waals surface area contributed by atoms with Crippen molar-refractivity contribution in [1.82, 2.24) is 13.9 Å². The molecule has 31 heavy (non-hydrogen) atoms. The number of rotatable bonds is 7. The lowest BCUT2D eigenvalue weighted by molar-refractivity contribution is -0.131. The highest BCUT2D eigenvalue weighted by Crippen LogP contribution is 2.22. The molecule has 1 aromatic heterocycles. The van der Waals surface area contributed by atoms with Crippen LogP contribution in [0.5, 0.6) is 0 Å². The molecule has 0 spiro atoms. The summed E-state index contributed by atoms with van der Waals surface area (Å²) in [6.45, 7) is 1.54. The molecule has 2 amide bonds. The fraction of sp³-hybridized carbons (Fsp3) is 0.333. The Morgan fingerprint density at radius 2 is 1.65 bits per heavy atom. The van der Waals surface area contributed by atoms with Crippen LogP contribution in [-0.2, 0) is 29.6 Å². The summed E-state index contributed by atoms with van der Waals surface area (Å²) in [6.07, 6.45) is 0. The van der Waals surface area contributed by atoms with Crippen LogP contribution in [0.1, 0.15) is 6.92 Å². The maximum absolute atomic E-state index is 12.5. The number of anilines is 1. The molecule has 1 aliphatic rings. The molecule has 168 valence electrons. The standard InChI is InChI=1S/C18H22N4O6S3/c1-14(23)20-15-4-6-16(7-5-15)30(25,26)19-13-17(24)21-8-10-22(11-9-21)31(27,28)18-3-2-12-29-18/h2-7,12,19H,8-11,13H2,1H3,(H,20,23). The Bertz CT molecular complexity index is 1140. The molecule has 0 atom stereocenters. The van der Waals surface area contributed by atoms with E-state index in [1.54, 1.807) is 11.4 Å². The second kappa shape index (κ2) is 9.44. The van der Waals surface area contributed by atoms with Crippen molar-refractivity contribution in [2.75, 3.05) is 38.0 Å². The molecule has 1 saturated heterocycles. The smallest absolute Gasteiger partial charge is 0.252 e. The normalized spacial score (nSPS) is 15.6. The first-order chi connectivity index (χ1) is 14.6.